The number of rotatable bonds is 6. The highest BCUT2D eigenvalue weighted by atomic mass is 16.5. The van der Waals surface area contributed by atoms with Crippen molar-refractivity contribution in [2.75, 3.05) is 18.1 Å². The van der Waals surface area contributed by atoms with Crippen molar-refractivity contribution in [2.45, 2.75) is 25.9 Å². The molecule has 0 bridgehead atoms. The zero-order valence-corrected chi connectivity index (χ0v) is 19.2. The molecule has 2 aromatic carbocycles. The lowest BCUT2D eigenvalue weighted by Crippen LogP contribution is -2.50. The molecule has 0 spiro atoms. The van der Waals surface area contributed by atoms with Gasteiger partial charge in [0.15, 0.2) is 5.78 Å². The number of benzene rings is 2. The molecule has 2 N–H and O–H groups in total. The molecule has 0 aliphatic carbocycles. The highest BCUT2D eigenvalue weighted by molar-refractivity contribution is 6.07. The van der Waals surface area contributed by atoms with Crippen LogP contribution in [0.3, 0.4) is 0 Å². The number of allylic oxidation sites excluding steroid dienone is 1. The van der Waals surface area contributed by atoms with Gasteiger partial charge in [-0.15, -0.1) is 0 Å². The monoisotopic (exact) mass is 457 g/mol. The SMILES string of the molecule is CC1COCC(C)N1c1ccc(C=CC(=O)c2ccc(-c3ccc(OC(N)=O)cc3)cc2)cn1. The van der Waals surface area contributed by atoms with Crippen LogP contribution in [0.2, 0.25) is 0 Å². The van der Waals surface area contributed by atoms with E-state index in [2.05, 4.69) is 23.7 Å². The molecule has 1 aromatic heterocycles. The molecular weight excluding hydrogens is 430 g/mol. The zero-order chi connectivity index (χ0) is 24.1. The van der Waals surface area contributed by atoms with Gasteiger partial charge in [-0.3, -0.25) is 4.79 Å². The van der Waals surface area contributed by atoms with Crippen molar-refractivity contribution >= 4 is 23.8 Å². The van der Waals surface area contributed by atoms with E-state index in [4.69, 9.17) is 15.2 Å². The second-order valence-electron chi connectivity index (χ2n) is 8.31. The molecule has 1 aliphatic heterocycles. The number of morpholine rings is 1. The first-order valence-corrected chi connectivity index (χ1v) is 11.1. The number of hydrogen-bond donors (Lipinski definition) is 1. The number of ether oxygens (including phenoxy) is 2. The number of hydrogen-bond acceptors (Lipinski definition) is 6. The van der Waals surface area contributed by atoms with Gasteiger partial charge >= 0.3 is 6.09 Å². The summed E-state index contributed by atoms with van der Waals surface area (Å²) in [6, 6.07) is 18.8. The minimum Gasteiger partial charge on any atom is -0.411 e. The summed E-state index contributed by atoms with van der Waals surface area (Å²) in [6.07, 6.45) is 4.26. The molecule has 0 radical (unpaired) electrons. The summed E-state index contributed by atoms with van der Waals surface area (Å²) in [6.45, 7) is 5.64. The average Bonchev–Trinajstić information content (AvgIpc) is 2.83. The van der Waals surface area contributed by atoms with E-state index < -0.39 is 6.09 Å². The van der Waals surface area contributed by atoms with Crippen molar-refractivity contribution in [1.29, 1.82) is 0 Å². The number of nitrogens with two attached hydrogens (primary N) is 1. The number of pyridine rings is 1. The number of carbonyl (C=O) groups is 2. The molecule has 4 rings (SSSR count). The largest absolute Gasteiger partial charge is 0.411 e. The molecule has 1 saturated heterocycles. The van der Waals surface area contributed by atoms with Crippen LogP contribution in [-0.2, 0) is 4.74 Å². The lowest BCUT2D eigenvalue weighted by atomic mass is 10.0. The van der Waals surface area contributed by atoms with Crippen LogP contribution in [0, 0.1) is 0 Å². The van der Waals surface area contributed by atoms with Gasteiger partial charge in [-0.2, -0.15) is 0 Å². The number of carbonyl (C=O) groups excluding carboxylic acids is 2. The van der Waals surface area contributed by atoms with Crippen LogP contribution in [0.1, 0.15) is 29.8 Å². The molecule has 7 heteroatoms. The minimum atomic E-state index is -0.850. The van der Waals surface area contributed by atoms with Crippen molar-refractivity contribution in [1.82, 2.24) is 4.98 Å². The Morgan fingerprint density at radius 2 is 1.59 bits per heavy atom. The summed E-state index contributed by atoms with van der Waals surface area (Å²) in [5.74, 6) is 1.21. The fourth-order valence-electron chi connectivity index (χ4n) is 4.03. The number of ketones is 1. The molecule has 174 valence electrons. The maximum Gasteiger partial charge on any atom is 0.409 e. The predicted octanol–water partition coefficient (Wildman–Crippen LogP) is 4.72. The maximum absolute atomic E-state index is 12.6. The van der Waals surface area contributed by atoms with Crippen molar-refractivity contribution in [3.8, 4) is 16.9 Å². The topological polar surface area (TPSA) is 94.7 Å². The van der Waals surface area contributed by atoms with Crippen LogP contribution in [0.25, 0.3) is 17.2 Å². The first-order valence-electron chi connectivity index (χ1n) is 11.1. The van der Waals surface area contributed by atoms with Gasteiger partial charge in [-0.05, 0) is 67.0 Å². The summed E-state index contributed by atoms with van der Waals surface area (Å²) >= 11 is 0. The molecule has 3 aromatic rings. The molecule has 7 nitrogen and oxygen atoms in total. The Kier molecular flexibility index (Phi) is 7.04. The predicted molar refractivity (Wildman–Crippen MR) is 132 cm³/mol. The van der Waals surface area contributed by atoms with Gasteiger partial charge in [0.25, 0.3) is 0 Å². The average molecular weight is 458 g/mol. The molecule has 2 heterocycles. The second kappa shape index (κ2) is 10.3. The molecule has 1 amide bonds. The number of primary amides is 1. The quantitative estimate of drug-likeness (QED) is 0.425. The van der Waals surface area contributed by atoms with E-state index in [1.807, 2.05) is 36.4 Å². The van der Waals surface area contributed by atoms with Crippen LogP contribution in [-0.4, -0.2) is 42.2 Å². The summed E-state index contributed by atoms with van der Waals surface area (Å²) in [7, 11) is 0. The third-order valence-electron chi connectivity index (χ3n) is 5.71. The summed E-state index contributed by atoms with van der Waals surface area (Å²) in [5.41, 5.74) is 8.35. The Hall–Kier alpha value is -3.97. The van der Waals surface area contributed by atoms with Crippen LogP contribution >= 0.6 is 0 Å². The Balaban J connectivity index is 1.39. The third kappa shape index (κ3) is 5.50. The third-order valence-corrected chi connectivity index (χ3v) is 5.71. The Bertz CT molecular complexity index is 1160. The van der Waals surface area contributed by atoms with Crippen molar-refractivity contribution in [3.63, 3.8) is 0 Å². The Morgan fingerprint density at radius 3 is 2.15 bits per heavy atom. The van der Waals surface area contributed by atoms with Gasteiger partial charge in [0.05, 0.1) is 25.3 Å². The first kappa shape index (κ1) is 23.2. The fraction of sp³-hybridized carbons (Fsp3) is 0.222. The number of amides is 1. The molecule has 2 unspecified atom stereocenters. The van der Waals surface area contributed by atoms with Gasteiger partial charge in [0.1, 0.15) is 11.6 Å². The van der Waals surface area contributed by atoms with Gasteiger partial charge in [-0.1, -0.05) is 36.4 Å². The fourth-order valence-corrected chi connectivity index (χ4v) is 4.03. The highest BCUT2D eigenvalue weighted by Gasteiger charge is 2.26. The molecular formula is C27H27N3O4. The molecule has 1 aliphatic rings. The van der Waals surface area contributed by atoms with Crippen molar-refractivity contribution in [3.05, 3.63) is 84.1 Å². The van der Waals surface area contributed by atoms with Gasteiger partial charge < -0.3 is 20.1 Å². The number of aromatic nitrogens is 1. The maximum atomic E-state index is 12.6. The zero-order valence-electron chi connectivity index (χ0n) is 19.2. The minimum absolute atomic E-state index is 0.0868. The van der Waals surface area contributed by atoms with E-state index in [1.165, 1.54) is 0 Å². The van der Waals surface area contributed by atoms with Crippen molar-refractivity contribution in [2.24, 2.45) is 5.73 Å². The normalized spacial score (nSPS) is 18.1. The van der Waals surface area contributed by atoms with Crippen LogP contribution in [0.4, 0.5) is 10.6 Å². The molecule has 1 fully saturated rings. The standard InChI is InChI=1S/C27H27N3O4/c1-18-16-33-17-19(2)30(18)26-14-4-20(15-29-26)3-13-25(31)23-7-5-21(6-8-23)22-9-11-24(12-10-22)34-27(28)32/h3-15,18-19H,16-17H2,1-2H3,(H2,28,32). The van der Waals surface area contributed by atoms with Gasteiger partial charge in [-0.25, -0.2) is 9.78 Å². The first-order chi connectivity index (χ1) is 16.4. The summed E-state index contributed by atoms with van der Waals surface area (Å²) in [4.78, 5) is 30.3. The van der Waals surface area contributed by atoms with E-state index in [0.29, 0.717) is 24.5 Å². The van der Waals surface area contributed by atoms with E-state index >= 15 is 0 Å². The number of anilines is 1. The summed E-state index contributed by atoms with van der Waals surface area (Å²) in [5, 5.41) is 0. The van der Waals surface area contributed by atoms with E-state index in [1.54, 1.807) is 42.6 Å². The molecule has 0 saturated carbocycles. The second-order valence-corrected chi connectivity index (χ2v) is 8.31. The van der Waals surface area contributed by atoms with Crippen LogP contribution in [0.5, 0.6) is 5.75 Å². The lowest BCUT2D eigenvalue weighted by molar-refractivity contribution is 0.0752. The smallest absolute Gasteiger partial charge is 0.409 e. The van der Waals surface area contributed by atoms with Crippen LogP contribution in [0.15, 0.2) is 72.9 Å². The lowest BCUT2D eigenvalue weighted by Gasteiger charge is -2.39. The molecule has 34 heavy (non-hydrogen) atoms. The molecule has 2 atom stereocenters. The Labute approximate surface area is 198 Å². The summed E-state index contributed by atoms with van der Waals surface area (Å²) < 4.78 is 10.4. The van der Waals surface area contributed by atoms with Gasteiger partial charge in [0.2, 0.25) is 0 Å². The van der Waals surface area contributed by atoms with Gasteiger partial charge in [0, 0.05) is 11.8 Å². The van der Waals surface area contributed by atoms with Crippen LogP contribution < -0.4 is 15.4 Å². The number of nitrogens with zero attached hydrogens (tertiary/aromatic N) is 2. The van der Waals surface area contributed by atoms with Crippen molar-refractivity contribution < 1.29 is 19.1 Å². The van der Waals surface area contributed by atoms with E-state index in [0.717, 1.165) is 22.5 Å². The highest BCUT2D eigenvalue weighted by Crippen LogP contribution is 2.24. The van der Waals surface area contributed by atoms with E-state index in [-0.39, 0.29) is 17.9 Å². The van der Waals surface area contributed by atoms with E-state index in [9.17, 15) is 9.59 Å². The Morgan fingerprint density at radius 1 is 0.971 bits per heavy atom.